The van der Waals surface area contributed by atoms with Crippen molar-refractivity contribution < 1.29 is 4.79 Å². The molecule has 1 saturated carbocycles. The summed E-state index contributed by atoms with van der Waals surface area (Å²) in [6.07, 6.45) is 2.91. The topological polar surface area (TPSA) is 55.1 Å². The lowest BCUT2D eigenvalue weighted by Crippen LogP contribution is -2.47. The summed E-state index contributed by atoms with van der Waals surface area (Å²) in [4.78, 5) is 12.2. The highest BCUT2D eigenvalue weighted by molar-refractivity contribution is 9.10. The number of rotatable bonds is 3. The molecule has 0 bridgehead atoms. The van der Waals surface area contributed by atoms with E-state index < -0.39 is 0 Å². The zero-order valence-electron chi connectivity index (χ0n) is 9.92. The minimum Gasteiger partial charge on any atom is -0.329 e. The lowest BCUT2D eigenvalue weighted by Gasteiger charge is -2.39. The number of nitrogens with two attached hydrogens (primary N) is 1. The molecule has 1 aliphatic rings. The van der Waals surface area contributed by atoms with Crippen LogP contribution in [0.3, 0.4) is 0 Å². The van der Waals surface area contributed by atoms with E-state index in [0.717, 1.165) is 35.0 Å². The number of hydrogen-bond acceptors (Lipinski definition) is 2. The highest BCUT2D eigenvalue weighted by Crippen LogP contribution is 2.41. The highest BCUT2D eigenvalue weighted by Gasteiger charge is 2.42. The number of carbonyl (C=O) groups excluding carboxylic acids is 1. The van der Waals surface area contributed by atoms with Crippen molar-refractivity contribution in [1.29, 1.82) is 0 Å². The van der Waals surface area contributed by atoms with Gasteiger partial charge in [0, 0.05) is 16.7 Å². The van der Waals surface area contributed by atoms with Crippen LogP contribution in [0.1, 0.15) is 24.8 Å². The van der Waals surface area contributed by atoms with Gasteiger partial charge in [-0.1, -0.05) is 28.4 Å². The van der Waals surface area contributed by atoms with Gasteiger partial charge in [-0.2, -0.15) is 0 Å². The highest BCUT2D eigenvalue weighted by atomic mass is 79.9. The van der Waals surface area contributed by atoms with Gasteiger partial charge >= 0.3 is 0 Å². The zero-order chi connectivity index (χ0) is 12.5. The zero-order valence-corrected chi connectivity index (χ0v) is 11.5. The number of nitrogens with one attached hydrogen (secondary N) is 1. The average molecular weight is 297 g/mol. The first kappa shape index (κ1) is 12.6. The second-order valence-corrected chi connectivity index (χ2v) is 5.56. The molecule has 0 radical (unpaired) electrons. The van der Waals surface area contributed by atoms with Gasteiger partial charge in [-0.15, -0.1) is 0 Å². The molecular weight excluding hydrogens is 280 g/mol. The summed E-state index contributed by atoms with van der Waals surface area (Å²) in [7, 11) is 0. The molecule has 0 atom stereocenters. The maximum Gasteiger partial charge on any atom is 0.231 e. The van der Waals surface area contributed by atoms with Crippen LogP contribution in [0.2, 0.25) is 0 Å². The first-order valence-electron chi connectivity index (χ1n) is 5.86. The van der Waals surface area contributed by atoms with E-state index in [2.05, 4.69) is 21.2 Å². The predicted octanol–water partition coefficient (Wildman–Crippen LogP) is 2.83. The number of anilines is 1. The second kappa shape index (κ2) is 4.78. The Labute approximate surface area is 110 Å². The summed E-state index contributed by atoms with van der Waals surface area (Å²) < 4.78 is 1.01. The molecule has 92 valence electrons. The van der Waals surface area contributed by atoms with Gasteiger partial charge in [0.25, 0.3) is 0 Å². The Morgan fingerprint density at radius 1 is 1.53 bits per heavy atom. The lowest BCUT2D eigenvalue weighted by molar-refractivity contribution is -0.129. The average Bonchev–Trinajstić information content (AvgIpc) is 2.24. The van der Waals surface area contributed by atoms with Crippen molar-refractivity contribution in [2.45, 2.75) is 26.2 Å². The molecule has 1 amide bonds. The summed E-state index contributed by atoms with van der Waals surface area (Å²) in [6.45, 7) is 2.42. The molecule has 1 aromatic rings. The van der Waals surface area contributed by atoms with E-state index in [1.165, 1.54) is 0 Å². The van der Waals surface area contributed by atoms with Gasteiger partial charge in [-0.3, -0.25) is 4.79 Å². The van der Waals surface area contributed by atoms with Crippen molar-refractivity contribution in [3.63, 3.8) is 0 Å². The molecule has 1 aromatic carbocycles. The molecular formula is C13H17BrN2O. The summed E-state index contributed by atoms with van der Waals surface area (Å²) >= 11 is 3.46. The second-order valence-electron chi connectivity index (χ2n) is 4.70. The summed E-state index contributed by atoms with van der Waals surface area (Å²) in [5.74, 6) is 0.0625. The van der Waals surface area contributed by atoms with E-state index in [1.54, 1.807) is 0 Å². The maximum absolute atomic E-state index is 12.2. The van der Waals surface area contributed by atoms with Gasteiger partial charge in [-0.05, 0) is 37.5 Å². The van der Waals surface area contributed by atoms with Crippen LogP contribution in [-0.4, -0.2) is 12.5 Å². The van der Waals surface area contributed by atoms with E-state index >= 15 is 0 Å². The van der Waals surface area contributed by atoms with E-state index in [1.807, 2.05) is 25.1 Å². The molecule has 2 rings (SSSR count). The summed E-state index contributed by atoms with van der Waals surface area (Å²) in [5.41, 5.74) is 7.31. The first-order valence-corrected chi connectivity index (χ1v) is 6.65. The standard InChI is InChI=1S/C13H17BrN2O/c1-9-10(14)4-2-5-11(9)16-12(17)13(8-15)6-3-7-13/h2,4-5H,3,6-8,15H2,1H3,(H,16,17). The Morgan fingerprint density at radius 2 is 2.24 bits per heavy atom. The quantitative estimate of drug-likeness (QED) is 0.901. The van der Waals surface area contributed by atoms with Gasteiger partial charge in [0.15, 0.2) is 0 Å². The van der Waals surface area contributed by atoms with Gasteiger partial charge in [0.05, 0.1) is 5.41 Å². The fourth-order valence-corrected chi connectivity index (χ4v) is 2.49. The van der Waals surface area contributed by atoms with Crippen molar-refractivity contribution in [2.24, 2.45) is 11.1 Å². The maximum atomic E-state index is 12.2. The van der Waals surface area contributed by atoms with Gasteiger partial charge in [0.1, 0.15) is 0 Å². The smallest absolute Gasteiger partial charge is 0.231 e. The minimum absolute atomic E-state index is 0.0625. The van der Waals surface area contributed by atoms with Crippen LogP contribution in [0, 0.1) is 12.3 Å². The minimum atomic E-state index is -0.325. The molecule has 17 heavy (non-hydrogen) atoms. The molecule has 4 heteroatoms. The van der Waals surface area contributed by atoms with Crippen molar-refractivity contribution in [2.75, 3.05) is 11.9 Å². The van der Waals surface area contributed by atoms with Gasteiger partial charge < -0.3 is 11.1 Å². The van der Waals surface area contributed by atoms with Crippen LogP contribution in [0.5, 0.6) is 0 Å². The van der Waals surface area contributed by atoms with Crippen molar-refractivity contribution in [3.8, 4) is 0 Å². The van der Waals surface area contributed by atoms with Crippen molar-refractivity contribution in [1.82, 2.24) is 0 Å². The normalized spacial score (nSPS) is 17.4. The molecule has 0 spiro atoms. The number of hydrogen-bond donors (Lipinski definition) is 2. The monoisotopic (exact) mass is 296 g/mol. The van der Waals surface area contributed by atoms with Crippen LogP contribution < -0.4 is 11.1 Å². The number of benzene rings is 1. The third-order valence-electron chi connectivity index (χ3n) is 3.70. The van der Waals surface area contributed by atoms with Crippen LogP contribution in [-0.2, 0) is 4.79 Å². The number of carbonyl (C=O) groups is 1. The Kier molecular flexibility index (Phi) is 3.54. The Balaban J connectivity index is 2.16. The number of amides is 1. The van der Waals surface area contributed by atoms with Crippen LogP contribution in [0.15, 0.2) is 22.7 Å². The molecule has 1 aliphatic carbocycles. The molecule has 0 aliphatic heterocycles. The first-order chi connectivity index (χ1) is 8.09. The predicted molar refractivity (Wildman–Crippen MR) is 72.8 cm³/mol. The SMILES string of the molecule is Cc1c(Br)cccc1NC(=O)C1(CN)CCC1. The largest absolute Gasteiger partial charge is 0.329 e. The summed E-state index contributed by atoms with van der Waals surface area (Å²) in [6, 6.07) is 5.80. The fraction of sp³-hybridized carbons (Fsp3) is 0.462. The van der Waals surface area contributed by atoms with Crippen LogP contribution in [0.4, 0.5) is 5.69 Å². The Bertz CT molecular complexity index is 436. The van der Waals surface area contributed by atoms with E-state index in [4.69, 9.17) is 5.73 Å². The Morgan fingerprint density at radius 3 is 2.76 bits per heavy atom. The van der Waals surface area contributed by atoms with E-state index in [-0.39, 0.29) is 11.3 Å². The van der Waals surface area contributed by atoms with Crippen molar-refractivity contribution >= 4 is 27.5 Å². The van der Waals surface area contributed by atoms with Crippen LogP contribution >= 0.6 is 15.9 Å². The van der Waals surface area contributed by atoms with Gasteiger partial charge in [-0.25, -0.2) is 0 Å². The number of halogens is 1. The van der Waals surface area contributed by atoms with Crippen LogP contribution in [0.25, 0.3) is 0 Å². The molecule has 3 N–H and O–H groups in total. The molecule has 0 aromatic heterocycles. The molecule has 0 unspecified atom stereocenters. The fourth-order valence-electron chi connectivity index (χ4n) is 2.13. The molecule has 0 saturated heterocycles. The third-order valence-corrected chi connectivity index (χ3v) is 4.56. The Hall–Kier alpha value is -0.870. The van der Waals surface area contributed by atoms with Crippen molar-refractivity contribution in [3.05, 3.63) is 28.2 Å². The lowest BCUT2D eigenvalue weighted by atomic mass is 9.68. The summed E-state index contributed by atoms with van der Waals surface area (Å²) in [5, 5.41) is 3.00. The molecule has 3 nitrogen and oxygen atoms in total. The third kappa shape index (κ3) is 2.24. The van der Waals surface area contributed by atoms with E-state index in [9.17, 15) is 4.79 Å². The molecule has 1 fully saturated rings. The van der Waals surface area contributed by atoms with E-state index in [0.29, 0.717) is 6.54 Å². The molecule has 0 heterocycles. The van der Waals surface area contributed by atoms with Gasteiger partial charge in [0.2, 0.25) is 5.91 Å².